The minimum Gasteiger partial charge on any atom is -0.497 e. The van der Waals surface area contributed by atoms with Crippen molar-refractivity contribution in [1.29, 1.82) is 0 Å². The first-order valence-electron chi connectivity index (χ1n) is 8.76. The lowest BCUT2D eigenvalue weighted by molar-refractivity contribution is -0.124. The molecule has 2 aliphatic rings. The maximum absolute atomic E-state index is 12.7. The second-order valence-electron chi connectivity index (χ2n) is 6.71. The highest BCUT2D eigenvalue weighted by atomic mass is 16.5. The van der Waals surface area contributed by atoms with Gasteiger partial charge in [-0.2, -0.15) is 0 Å². The van der Waals surface area contributed by atoms with Gasteiger partial charge in [-0.1, -0.05) is 36.4 Å². The van der Waals surface area contributed by atoms with Gasteiger partial charge in [0.1, 0.15) is 11.8 Å². The molecule has 0 bridgehead atoms. The lowest BCUT2D eigenvalue weighted by atomic mass is 9.77. The van der Waals surface area contributed by atoms with Crippen molar-refractivity contribution in [3.8, 4) is 5.75 Å². The summed E-state index contributed by atoms with van der Waals surface area (Å²) < 4.78 is 5.32. The number of carbonyl (C=O) groups excluding carboxylic acids is 1. The average molecular weight is 337 g/mol. The summed E-state index contributed by atoms with van der Waals surface area (Å²) in [6, 6.07) is 16.2. The number of hydrogen-bond donors (Lipinski definition) is 3. The molecule has 0 saturated carbocycles. The van der Waals surface area contributed by atoms with Crippen LogP contribution in [0.2, 0.25) is 0 Å². The fourth-order valence-electron chi connectivity index (χ4n) is 3.93. The van der Waals surface area contributed by atoms with Gasteiger partial charge >= 0.3 is 0 Å². The Bertz CT molecular complexity index is 763. The minimum absolute atomic E-state index is 0.0563. The van der Waals surface area contributed by atoms with Gasteiger partial charge in [-0.3, -0.25) is 4.79 Å². The Balaban J connectivity index is 1.45. The topological polar surface area (TPSA) is 62.4 Å². The molecule has 3 unspecified atom stereocenters. The number of fused-ring (bicyclic) bond motifs is 3. The van der Waals surface area contributed by atoms with Gasteiger partial charge in [0.15, 0.2) is 0 Å². The number of carbonyl (C=O) groups is 1. The molecule has 5 heteroatoms. The quantitative estimate of drug-likeness (QED) is 0.799. The van der Waals surface area contributed by atoms with E-state index in [0.29, 0.717) is 6.54 Å². The molecule has 2 aromatic carbocycles. The SMILES string of the molecule is COc1ccc2c(c1)CCC1C(C(=O)NCc3ccccc3)NNC21. The molecule has 3 N–H and O–H groups in total. The number of benzene rings is 2. The summed E-state index contributed by atoms with van der Waals surface area (Å²) in [6.07, 6.45) is 1.95. The fourth-order valence-corrected chi connectivity index (χ4v) is 3.93. The van der Waals surface area contributed by atoms with Crippen LogP contribution in [0.3, 0.4) is 0 Å². The molecule has 0 aromatic heterocycles. The van der Waals surface area contributed by atoms with Gasteiger partial charge in [0.05, 0.1) is 13.2 Å². The molecular formula is C20H23N3O2. The fraction of sp³-hybridized carbons (Fsp3) is 0.350. The van der Waals surface area contributed by atoms with Crippen LogP contribution < -0.4 is 20.9 Å². The van der Waals surface area contributed by atoms with E-state index in [1.165, 1.54) is 11.1 Å². The zero-order valence-corrected chi connectivity index (χ0v) is 14.3. The van der Waals surface area contributed by atoms with Gasteiger partial charge in [0, 0.05) is 12.5 Å². The smallest absolute Gasteiger partial charge is 0.239 e. The summed E-state index contributed by atoms with van der Waals surface area (Å²) in [4.78, 5) is 12.7. The number of methoxy groups -OCH3 is 1. The van der Waals surface area contributed by atoms with Crippen molar-refractivity contribution >= 4 is 5.91 Å². The van der Waals surface area contributed by atoms with Crippen LogP contribution in [-0.2, 0) is 17.8 Å². The average Bonchev–Trinajstić information content (AvgIpc) is 3.11. The zero-order valence-electron chi connectivity index (χ0n) is 14.3. The molecule has 1 saturated heterocycles. The van der Waals surface area contributed by atoms with Crippen molar-refractivity contribution in [3.05, 3.63) is 65.2 Å². The first-order chi connectivity index (χ1) is 12.3. The number of rotatable bonds is 4. The summed E-state index contributed by atoms with van der Waals surface area (Å²) in [6.45, 7) is 0.559. The van der Waals surface area contributed by atoms with E-state index in [2.05, 4.69) is 28.3 Å². The van der Waals surface area contributed by atoms with Crippen molar-refractivity contribution in [1.82, 2.24) is 16.2 Å². The van der Waals surface area contributed by atoms with Gasteiger partial charge in [0.25, 0.3) is 0 Å². The molecule has 1 fully saturated rings. The number of amides is 1. The van der Waals surface area contributed by atoms with E-state index >= 15 is 0 Å². The van der Waals surface area contributed by atoms with Crippen LogP contribution in [0.1, 0.15) is 29.2 Å². The Morgan fingerprint density at radius 2 is 2.04 bits per heavy atom. The van der Waals surface area contributed by atoms with E-state index in [1.54, 1.807) is 7.11 Å². The summed E-state index contributed by atoms with van der Waals surface area (Å²) in [5, 5.41) is 3.05. The molecule has 1 heterocycles. The van der Waals surface area contributed by atoms with E-state index in [-0.39, 0.29) is 23.9 Å². The van der Waals surface area contributed by atoms with Gasteiger partial charge in [-0.15, -0.1) is 0 Å². The highest BCUT2D eigenvalue weighted by molar-refractivity contribution is 5.82. The van der Waals surface area contributed by atoms with Crippen molar-refractivity contribution in [2.24, 2.45) is 5.92 Å². The molecule has 3 atom stereocenters. The number of hydrogen-bond acceptors (Lipinski definition) is 4. The third kappa shape index (κ3) is 3.13. The summed E-state index contributed by atoms with van der Waals surface area (Å²) >= 11 is 0. The first kappa shape index (κ1) is 16.1. The second kappa shape index (κ2) is 6.86. The number of aryl methyl sites for hydroxylation is 1. The van der Waals surface area contributed by atoms with Crippen LogP contribution in [0.5, 0.6) is 5.75 Å². The summed E-state index contributed by atoms with van der Waals surface area (Å²) in [5.41, 5.74) is 10.2. The van der Waals surface area contributed by atoms with Crippen molar-refractivity contribution < 1.29 is 9.53 Å². The van der Waals surface area contributed by atoms with Gasteiger partial charge < -0.3 is 10.1 Å². The van der Waals surface area contributed by atoms with Crippen LogP contribution >= 0.6 is 0 Å². The zero-order chi connectivity index (χ0) is 17.2. The van der Waals surface area contributed by atoms with Crippen LogP contribution in [0.25, 0.3) is 0 Å². The Labute approximate surface area is 147 Å². The van der Waals surface area contributed by atoms with Gasteiger partial charge in [-0.25, -0.2) is 10.9 Å². The Kier molecular flexibility index (Phi) is 4.42. The largest absolute Gasteiger partial charge is 0.497 e. The predicted molar refractivity (Wildman–Crippen MR) is 95.9 cm³/mol. The van der Waals surface area contributed by atoms with Gasteiger partial charge in [0.2, 0.25) is 5.91 Å². The maximum Gasteiger partial charge on any atom is 0.239 e. The molecule has 4 rings (SSSR count). The number of hydrazine groups is 1. The molecule has 1 aliphatic carbocycles. The number of nitrogens with one attached hydrogen (secondary N) is 3. The first-order valence-corrected chi connectivity index (χ1v) is 8.76. The van der Waals surface area contributed by atoms with Crippen LogP contribution in [0.15, 0.2) is 48.5 Å². The van der Waals surface area contributed by atoms with Crippen LogP contribution in [0, 0.1) is 5.92 Å². The van der Waals surface area contributed by atoms with E-state index in [4.69, 9.17) is 4.74 Å². The maximum atomic E-state index is 12.7. The van der Waals surface area contributed by atoms with Crippen LogP contribution in [0.4, 0.5) is 0 Å². The van der Waals surface area contributed by atoms with E-state index in [1.807, 2.05) is 36.4 Å². The highest BCUT2D eigenvalue weighted by Crippen LogP contribution is 2.40. The summed E-state index contributed by atoms with van der Waals surface area (Å²) in [5.74, 6) is 1.21. The van der Waals surface area contributed by atoms with E-state index in [0.717, 1.165) is 24.2 Å². The normalized spacial score (nSPS) is 24.3. The van der Waals surface area contributed by atoms with Crippen LogP contribution in [-0.4, -0.2) is 19.1 Å². The highest BCUT2D eigenvalue weighted by Gasteiger charge is 2.43. The standard InChI is InChI=1S/C20H23N3O2/c1-25-15-8-10-16-14(11-15)7-9-17-18(16)22-23-19(17)20(24)21-12-13-5-3-2-4-6-13/h2-6,8,10-11,17-19,22-23H,7,9,12H2,1H3,(H,21,24). The molecule has 1 aliphatic heterocycles. The lowest BCUT2D eigenvalue weighted by Gasteiger charge is -2.29. The molecular weight excluding hydrogens is 314 g/mol. The predicted octanol–water partition coefficient (Wildman–Crippen LogP) is 2.09. The molecule has 0 spiro atoms. The Hall–Kier alpha value is -2.37. The third-order valence-corrected chi connectivity index (χ3v) is 5.27. The monoisotopic (exact) mass is 337 g/mol. The van der Waals surface area contributed by atoms with Crippen molar-refractivity contribution in [3.63, 3.8) is 0 Å². The van der Waals surface area contributed by atoms with Crippen molar-refractivity contribution in [2.45, 2.75) is 31.5 Å². The third-order valence-electron chi connectivity index (χ3n) is 5.27. The van der Waals surface area contributed by atoms with Gasteiger partial charge in [-0.05, 0) is 41.7 Å². The lowest BCUT2D eigenvalue weighted by Crippen LogP contribution is -2.45. The Morgan fingerprint density at radius 1 is 1.20 bits per heavy atom. The van der Waals surface area contributed by atoms with E-state index < -0.39 is 0 Å². The molecule has 25 heavy (non-hydrogen) atoms. The Morgan fingerprint density at radius 3 is 2.84 bits per heavy atom. The second-order valence-corrected chi connectivity index (χ2v) is 6.71. The molecule has 5 nitrogen and oxygen atoms in total. The molecule has 2 aromatic rings. The molecule has 0 radical (unpaired) electrons. The molecule has 130 valence electrons. The number of ether oxygens (including phenoxy) is 1. The van der Waals surface area contributed by atoms with Crippen molar-refractivity contribution in [2.75, 3.05) is 7.11 Å². The minimum atomic E-state index is -0.205. The van der Waals surface area contributed by atoms with E-state index in [9.17, 15) is 4.79 Å². The molecule has 1 amide bonds. The summed E-state index contributed by atoms with van der Waals surface area (Å²) in [7, 11) is 1.69.